The van der Waals surface area contributed by atoms with E-state index in [9.17, 15) is 0 Å². The summed E-state index contributed by atoms with van der Waals surface area (Å²) in [6, 6.07) is 3.86. The van der Waals surface area contributed by atoms with Crippen LogP contribution in [0.15, 0.2) is 33.6 Å². The average molecular weight is 308 g/mol. The lowest BCUT2D eigenvalue weighted by Gasteiger charge is -2.13. The normalized spacial score (nSPS) is 10.8. The third-order valence-electron chi connectivity index (χ3n) is 2.45. The van der Waals surface area contributed by atoms with Crippen molar-refractivity contribution in [1.29, 1.82) is 0 Å². The minimum atomic E-state index is 0.509. The molecule has 0 amide bonds. The zero-order valence-corrected chi connectivity index (χ0v) is 11.7. The zero-order valence-electron chi connectivity index (χ0n) is 10.1. The number of nitrogens with zero attached hydrogens (tertiary/aromatic N) is 3. The van der Waals surface area contributed by atoms with E-state index in [4.69, 9.17) is 10.8 Å². The Kier molecular flexibility index (Phi) is 4.24. The van der Waals surface area contributed by atoms with Crippen molar-refractivity contribution in [3.8, 4) is 12.3 Å². The zero-order chi connectivity index (χ0) is 13.0. The van der Waals surface area contributed by atoms with Crippen LogP contribution in [0.1, 0.15) is 11.3 Å². The molecule has 0 radical (unpaired) electrons. The monoisotopic (exact) mass is 307 g/mol. The quantitative estimate of drug-likeness (QED) is 0.796. The molecule has 0 N–H and O–H groups in total. The highest BCUT2D eigenvalue weighted by atomic mass is 79.9. The van der Waals surface area contributed by atoms with Gasteiger partial charge in [0.2, 0.25) is 0 Å². The second kappa shape index (κ2) is 5.89. The fourth-order valence-corrected chi connectivity index (χ4v) is 2.08. The molecule has 0 aliphatic carbocycles. The molecule has 0 saturated carbocycles. The molecule has 18 heavy (non-hydrogen) atoms. The molecule has 0 aromatic carbocycles. The summed E-state index contributed by atoms with van der Waals surface area (Å²) >= 11 is 3.29. The number of aromatic nitrogens is 2. The number of hydrogen-bond acceptors (Lipinski definition) is 3. The van der Waals surface area contributed by atoms with E-state index in [1.807, 2.05) is 31.6 Å². The minimum absolute atomic E-state index is 0.509. The van der Waals surface area contributed by atoms with Gasteiger partial charge in [0.15, 0.2) is 4.67 Å². The Labute approximate surface area is 115 Å². The summed E-state index contributed by atoms with van der Waals surface area (Å²) in [7, 11) is 2.04. The standard InChI is InChI=1S/C13H14BrN3O/c1-3-6-17-9-11(7-15-17)8-16(2)10-12-4-5-13(14)18-12/h1,4-5,7,9H,6,8,10H2,2H3. The highest BCUT2D eigenvalue weighted by Gasteiger charge is 2.06. The van der Waals surface area contributed by atoms with Crippen molar-refractivity contribution >= 4 is 15.9 Å². The Morgan fingerprint density at radius 3 is 3.00 bits per heavy atom. The van der Waals surface area contributed by atoms with Crippen LogP contribution in [-0.4, -0.2) is 21.7 Å². The highest BCUT2D eigenvalue weighted by Crippen LogP contribution is 2.16. The number of rotatable bonds is 5. The van der Waals surface area contributed by atoms with Crippen molar-refractivity contribution in [1.82, 2.24) is 14.7 Å². The van der Waals surface area contributed by atoms with Crippen LogP contribution >= 0.6 is 15.9 Å². The van der Waals surface area contributed by atoms with Crippen LogP contribution in [0.25, 0.3) is 0 Å². The molecule has 5 heteroatoms. The first-order valence-electron chi connectivity index (χ1n) is 5.55. The largest absolute Gasteiger partial charge is 0.453 e. The van der Waals surface area contributed by atoms with Gasteiger partial charge in [-0.05, 0) is 35.1 Å². The van der Waals surface area contributed by atoms with Crippen molar-refractivity contribution in [2.45, 2.75) is 19.6 Å². The van der Waals surface area contributed by atoms with Crippen LogP contribution < -0.4 is 0 Å². The topological polar surface area (TPSA) is 34.2 Å². The van der Waals surface area contributed by atoms with Gasteiger partial charge in [0, 0.05) is 18.3 Å². The van der Waals surface area contributed by atoms with Crippen LogP contribution in [0.5, 0.6) is 0 Å². The van der Waals surface area contributed by atoms with Crippen molar-refractivity contribution < 1.29 is 4.42 Å². The number of hydrogen-bond donors (Lipinski definition) is 0. The Bertz CT molecular complexity index is 553. The van der Waals surface area contributed by atoms with Crippen LogP contribution in [0.3, 0.4) is 0 Å². The molecule has 2 rings (SSSR count). The van der Waals surface area contributed by atoms with E-state index >= 15 is 0 Å². The minimum Gasteiger partial charge on any atom is -0.453 e. The smallest absolute Gasteiger partial charge is 0.169 e. The van der Waals surface area contributed by atoms with E-state index < -0.39 is 0 Å². The van der Waals surface area contributed by atoms with Gasteiger partial charge in [0.1, 0.15) is 12.3 Å². The molecule has 0 atom stereocenters. The van der Waals surface area contributed by atoms with E-state index in [1.54, 1.807) is 4.68 Å². The van der Waals surface area contributed by atoms with Crippen molar-refractivity contribution in [2.24, 2.45) is 0 Å². The molecule has 0 fully saturated rings. The number of halogens is 1. The van der Waals surface area contributed by atoms with Gasteiger partial charge in [-0.15, -0.1) is 6.42 Å². The lowest BCUT2D eigenvalue weighted by atomic mass is 10.3. The predicted molar refractivity (Wildman–Crippen MR) is 72.6 cm³/mol. The van der Waals surface area contributed by atoms with Gasteiger partial charge in [-0.25, -0.2) is 0 Å². The molecule has 2 aromatic heterocycles. The molecular formula is C13H14BrN3O. The van der Waals surface area contributed by atoms with Gasteiger partial charge < -0.3 is 4.42 Å². The molecular weight excluding hydrogens is 294 g/mol. The Balaban J connectivity index is 1.90. The van der Waals surface area contributed by atoms with Gasteiger partial charge in [0.25, 0.3) is 0 Å². The van der Waals surface area contributed by atoms with Gasteiger partial charge in [-0.1, -0.05) is 5.92 Å². The molecule has 4 nitrogen and oxygen atoms in total. The lowest BCUT2D eigenvalue weighted by Crippen LogP contribution is -2.16. The second-order valence-electron chi connectivity index (χ2n) is 4.13. The molecule has 0 spiro atoms. The predicted octanol–water partition coefficient (Wildman–Crippen LogP) is 2.50. The number of furan rings is 1. The summed E-state index contributed by atoms with van der Waals surface area (Å²) in [5, 5.41) is 4.19. The summed E-state index contributed by atoms with van der Waals surface area (Å²) in [6.07, 6.45) is 9.04. The SMILES string of the molecule is C#CCn1cc(CN(C)Cc2ccc(Br)o2)cn1. The third kappa shape index (κ3) is 3.49. The lowest BCUT2D eigenvalue weighted by molar-refractivity contribution is 0.285. The van der Waals surface area contributed by atoms with E-state index in [1.165, 1.54) is 0 Å². The fraction of sp³-hybridized carbons (Fsp3) is 0.308. The first-order valence-corrected chi connectivity index (χ1v) is 6.34. The van der Waals surface area contributed by atoms with Crippen LogP contribution in [-0.2, 0) is 19.6 Å². The molecule has 94 valence electrons. The van der Waals surface area contributed by atoms with E-state index in [-0.39, 0.29) is 0 Å². The van der Waals surface area contributed by atoms with E-state index in [0.29, 0.717) is 6.54 Å². The van der Waals surface area contributed by atoms with Crippen molar-refractivity contribution in [3.63, 3.8) is 0 Å². The molecule has 0 saturated heterocycles. The molecule has 0 aliphatic heterocycles. The second-order valence-corrected chi connectivity index (χ2v) is 4.91. The van der Waals surface area contributed by atoms with Crippen molar-refractivity contribution in [2.75, 3.05) is 7.05 Å². The summed E-state index contributed by atoms with van der Waals surface area (Å²) in [6.45, 7) is 2.07. The van der Waals surface area contributed by atoms with Gasteiger partial charge in [0.05, 0.1) is 12.7 Å². The maximum Gasteiger partial charge on any atom is 0.169 e. The molecule has 0 aliphatic rings. The first kappa shape index (κ1) is 12.9. The van der Waals surface area contributed by atoms with E-state index in [0.717, 1.165) is 29.1 Å². The van der Waals surface area contributed by atoms with Crippen molar-refractivity contribution in [3.05, 3.63) is 40.5 Å². The Hall–Kier alpha value is -1.51. The average Bonchev–Trinajstić information content (AvgIpc) is 2.89. The Morgan fingerprint density at radius 1 is 1.50 bits per heavy atom. The van der Waals surface area contributed by atoms with Crippen LogP contribution in [0, 0.1) is 12.3 Å². The van der Waals surface area contributed by atoms with Gasteiger partial charge in [-0.3, -0.25) is 9.58 Å². The van der Waals surface area contributed by atoms with Crippen LogP contribution in [0.4, 0.5) is 0 Å². The molecule has 2 heterocycles. The molecule has 0 unspecified atom stereocenters. The van der Waals surface area contributed by atoms with Crippen LogP contribution in [0.2, 0.25) is 0 Å². The van der Waals surface area contributed by atoms with Gasteiger partial charge in [-0.2, -0.15) is 5.10 Å². The summed E-state index contributed by atoms with van der Waals surface area (Å²) in [4.78, 5) is 2.16. The molecule has 2 aromatic rings. The van der Waals surface area contributed by atoms with E-state index in [2.05, 4.69) is 31.8 Å². The fourth-order valence-electron chi connectivity index (χ4n) is 1.74. The summed E-state index contributed by atoms with van der Waals surface area (Å²) in [5.41, 5.74) is 1.14. The number of terminal acetylenes is 1. The maximum atomic E-state index is 5.46. The highest BCUT2D eigenvalue weighted by molar-refractivity contribution is 9.10. The summed E-state index contributed by atoms with van der Waals surface area (Å²) in [5.74, 6) is 3.49. The Morgan fingerprint density at radius 2 is 2.33 bits per heavy atom. The van der Waals surface area contributed by atoms with Gasteiger partial charge >= 0.3 is 0 Å². The third-order valence-corrected chi connectivity index (χ3v) is 2.87. The summed E-state index contributed by atoms with van der Waals surface area (Å²) < 4.78 is 7.98. The molecule has 0 bridgehead atoms. The first-order chi connectivity index (χ1) is 8.67. The maximum absolute atomic E-state index is 5.46.